The van der Waals surface area contributed by atoms with Gasteiger partial charge in [0, 0.05) is 43.4 Å². The summed E-state index contributed by atoms with van der Waals surface area (Å²) in [6, 6.07) is 3.68. The molecule has 1 saturated heterocycles. The molecule has 3 aromatic heterocycles. The van der Waals surface area contributed by atoms with Crippen molar-refractivity contribution in [1.29, 1.82) is 0 Å². The summed E-state index contributed by atoms with van der Waals surface area (Å²) in [5.41, 5.74) is 11.8. The van der Waals surface area contributed by atoms with E-state index in [1.165, 1.54) is 4.57 Å². The van der Waals surface area contributed by atoms with E-state index in [9.17, 15) is 9.59 Å². The highest BCUT2D eigenvalue weighted by molar-refractivity contribution is 5.94. The Morgan fingerprint density at radius 3 is 2.69 bits per heavy atom. The van der Waals surface area contributed by atoms with Crippen LogP contribution in [0.15, 0.2) is 35.5 Å². The molecule has 0 spiro atoms. The Hall–Kier alpha value is -3.53. The lowest BCUT2D eigenvalue weighted by Crippen LogP contribution is -2.31. The van der Waals surface area contributed by atoms with E-state index in [-0.39, 0.29) is 24.1 Å². The lowest BCUT2D eigenvalue weighted by molar-refractivity contribution is -0.118. The van der Waals surface area contributed by atoms with Crippen molar-refractivity contribution in [3.63, 3.8) is 0 Å². The van der Waals surface area contributed by atoms with E-state index in [4.69, 9.17) is 16.2 Å². The molecule has 5 N–H and O–H groups in total. The molecule has 1 amide bonds. The van der Waals surface area contributed by atoms with E-state index < -0.39 is 5.91 Å². The van der Waals surface area contributed by atoms with Crippen LogP contribution in [0.4, 0.5) is 11.8 Å². The molecular formula is C19H21N7O3. The number of carbonyl (C=O) groups is 1. The summed E-state index contributed by atoms with van der Waals surface area (Å²) in [6.07, 6.45) is 6.34. The second-order valence-electron chi connectivity index (χ2n) is 6.90. The molecule has 0 atom stereocenters. The van der Waals surface area contributed by atoms with Crippen molar-refractivity contribution < 1.29 is 9.53 Å². The monoisotopic (exact) mass is 395 g/mol. The second kappa shape index (κ2) is 7.84. The van der Waals surface area contributed by atoms with Crippen LogP contribution < -0.4 is 22.3 Å². The SMILES string of the molecule is NC(=O)Cn1ccc2cc(-c3cnc(N)nc3)nc(NC3CCOCC3)c2c1=O. The highest BCUT2D eigenvalue weighted by Crippen LogP contribution is 2.27. The van der Waals surface area contributed by atoms with Gasteiger partial charge in [0.2, 0.25) is 11.9 Å². The highest BCUT2D eigenvalue weighted by atomic mass is 16.5. The van der Waals surface area contributed by atoms with Gasteiger partial charge in [-0.3, -0.25) is 9.59 Å². The normalized spacial score (nSPS) is 14.8. The summed E-state index contributed by atoms with van der Waals surface area (Å²) in [4.78, 5) is 37.1. The van der Waals surface area contributed by atoms with E-state index in [2.05, 4.69) is 20.3 Å². The van der Waals surface area contributed by atoms with Crippen LogP contribution in [0.2, 0.25) is 0 Å². The Bertz CT molecular complexity index is 1110. The summed E-state index contributed by atoms with van der Waals surface area (Å²) < 4.78 is 6.69. The number of nitrogen functional groups attached to an aromatic ring is 1. The molecule has 1 aliphatic rings. The topological polar surface area (TPSA) is 151 Å². The first-order chi connectivity index (χ1) is 14.0. The van der Waals surface area contributed by atoms with Crippen LogP contribution in [0.3, 0.4) is 0 Å². The quantitative estimate of drug-likeness (QED) is 0.565. The number of hydrogen-bond acceptors (Lipinski definition) is 8. The number of rotatable bonds is 5. The molecule has 0 radical (unpaired) electrons. The van der Waals surface area contributed by atoms with Gasteiger partial charge in [0.25, 0.3) is 5.56 Å². The zero-order chi connectivity index (χ0) is 20.4. The van der Waals surface area contributed by atoms with Gasteiger partial charge in [-0.05, 0) is 30.4 Å². The predicted octanol–water partition coefficient (Wildman–Crippen LogP) is 0.512. The minimum atomic E-state index is -0.589. The van der Waals surface area contributed by atoms with Gasteiger partial charge >= 0.3 is 0 Å². The summed E-state index contributed by atoms with van der Waals surface area (Å²) in [5, 5.41) is 4.47. The fourth-order valence-electron chi connectivity index (χ4n) is 3.35. The fourth-order valence-corrected chi connectivity index (χ4v) is 3.35. The van der Waals surface area contributed by atoms with Crippen molar-refractivity contribution in [2.24, 2.45) is 5.73 Å². The number of fused-ring (bicyclic) bond motifs is 1. The standard InChI is InChI=1S/C19H21N7O3/c20-15(27)10-26-4-1-11-7-14(12-8-22-19(21)23-9-12)25-17(16(11)18(26)28)24-13-2-5-29-6-3-13/h1,4,7-9,13H,2-3,5-6,10H2,(H2,20,27)(H,24,25)(H2,21,22,23). The summed E-state index contributed by atoms with van der Waals surface area (Å²) in [6.45, 7) is 1.10. The first kappa shape index (κ1) is 18.8. The number of aromatic nitrogens is 4. The maximum absolute atomic E-state index is 13.0. The van der Waals surface area contributed by atoms with Crippen LogP contribution in [0.5, 0.6) is 0 Å². The Morgan fingerprint density at radius 2 is 2.00 bits per heavy atom. The number of carbonyl (C=O) groups excluding carboxylic acids is 1. The molecule has 0 bridgehead atoms. The number of amides is 1. The number of nitrogens with zero attached hydrogens (tertiary/aromatic N) is 4. The molecule has 150 valence electrons. The van der Waals surface area contributed by atoms with Crippen molar-refractivity contribution >= 4 is 28.4 Å². The van der Waals surface area contributed by atoms with Crippen molar-refractivity contribution in [3.8, 4) is 11.3 Å². The molecule has 4 heterocycles. The Kier molecular flexibility index (Phi) is 5.09. The van der Waals surface area contributed by atoms with E-state index in [0.717, 1.165) is 12.8 Å². The van der Waals surface area contributed by atoms with E-state index in [1.54, 1.807) is 30.7 Å². The van der Waals surface area contributed by atoms with Crippen molar-refractivity contribution in [2.45, 2.75) is 25.4 Å². The lowest BCUT2D eigenvalue weighted by Gasteiger charge is -2.24. The van der Waals surface area contributed by atoms with E-state index in [0.29, 0.717) is 41.1 Å². The molecule has 29 heavy (non-hydrogen) atoms. The van der Waals surface area contributed by atoms with Gasteiger partial charge < -0.3 is 26.1 Å². The highest BCUT2D eigenvalue weighted by Gasteiger charge is 2.19. The van der Waals surface area contributed by atoms with Crippen LogP contribution >= 0.6 is 0 Å². The van der Waals surface area contributed by atoms with Crippen LogP contribution in [-0.4, -0.2) is 44.7 Å². The van der Waals surface area contributed by atoms with Crippen molar-refractivity contribution in [1.82, 2.24) is 19.5 Å². The summed E-state index contributed by atoms with van der Waals surface area (Å²) in [5.74, 6) is 0.0310. The maximum atomic E-state index is 13.0. The molecule has 10 heteroatoms. The molecule has 10 nitrogen and oxygen atoms in total. The molecule has 0 saturated carbocycles. The summed E-state index contributed by atoms with van der Waals surface area (Å²) in [7, 11) is 0. The van der Waals surface area contributed by atoms with Gasteiger partial charge in [-0.15, -0.1) is 0 Å². The van der Waals surface area contributed by atoms with Crippen LogP contribution in [0, 0.1) is 0 Å². The Morgan fingerprint density at radius 1 is 1.28 bits per heavy atom. The zero-order valence-electron chi connectivity index (χ0n) is 15.7. The molecule has 1 aliphatic heterocycles. The van der Waals surface area contributed by atoms with Crippen molar-refractivity contribution in [3.05, 3.63) is 41.1 Å². The number of primary amides is 1. The number of ether oxygens (including phenoxy) is 1. The number of pyridine rings is 2. The van der Waals surface area contributed by atoms with Gasteiger partial charge in [0.15, 0.2) is 0 Å². The first-order valence-electron chi connectivity index (χ1n) is 9.26. The summed E-state index contributed by atoms with van der Waals surface area (Å²) >= 11 is 0. The average molecular weight is 395 g/mol. The third-order valence-corrected chi connectivity index (χ3v) is 4.81. The lowest BCUT2D eigenvalue weighted by atomic mass is 10.1. The Labute approximate surface area is 165 Å². The largest absolute Gasteiger partial charge is 0.381 e. The van der Waals surface area contributed by atoms with Crippen molar-refractivity contribution in [2.75, 3.05) is 24.3 Å². The second-order valence-corrected chi connectivity index (χ2v) is 6.90. The third-order valence-electron chi connectivity index (χ3n) is 4.81. The van der Waals surface area contributed by atoms with Gasteiger partial charge in [0.05, 0.1) is 11.1 Å². The minimum absolute atomic E-state index is 0.126. The Balaban J connectivity index is 1.86. The molecule has 1 fully saturated rings. The number of anilines is 2. The molecule has 0 aromatic carbocycles. The molecule has 0 aliphatic carbocycles. The molecular weight excluding hydrogens is 374 g/mol. The zero-order valence-corrected chi connectivity index (χ0v) is 15.7. The van der Waals surface area contributed by atoms with Gasteiger partial charge in [-0.1, -0.05) is 0 Å². The van der Waals surface area contributed by atoms with Gasteiger partial charge in [-0.25, -0.2) is 15.0 Å². The first-order valence-corrected chi connectivity index (χ1v) is 9.26. The van der Waals surface area contributed by atoms with Crippen LogP contribution in [0.25, 0.3) is 22.0 Å². The van der Waals surface area contributed by atoms with Crippen LogP contribution in [0.1, 0.15) is 12.8 Å². The number of nitrogens with one attached hydrogen (secondary N) is 1. The average Bonchev–Trinajstić information content (AvgIpc) is 2.71. The number of hydrogen-bond donors (Lipinski definition) is 3. The predicted molar refractivity (Wildman–Crippen MR) is 108 cm³/mol. The van der Waals surface area contributed by atoms with E-state index >= 15 is 0 Å². The van der Waals surface area contributed by atoms with Gasteiger partial charge in [-0.2, -0.15) is 0 Å². The molecule has 4 rings (SSSR count). The minimum Gasteiger partial charge on any atom is -0.381 e. The smallest absolute Gasteiger partial charge is 0.262 e. The fraction of sp³-hybridized carbons (Fsp3) is 0.316. The van der Waals surface area contributed by atoms with E-state index in [1.807, 2.05) is 0 Å². The molecule has 0 unspecified atom stereocenters. The van der Waals surface area contributed by atoms with Crippen LogP contribution in [-0.2, 0) is 16.1 Å². The molecule has 3 aromatic rings. The number of nitrogens with two attached hydrogens (primary N) is 2. The third kappa shape index (κ3) is 4.02. The maximum Gasteiger partial charge on any atom is 0.262 e. The van der Waals surface area contributed by atoms with Gasteiger partial charge in [0.1, 0.15) is 12.4 Å².